The molecule has 1 aromatic rings. The van der Waals surface area contributed by atoms with Crippen molar-refractivity contribution < 1.29 is 19.1 Å². The molecule has 0 radical (unpaired) electrons. The maximum atomic E-state index is 12.0. The maximum Gasteiger partial charge on any atom is 0.417 e. The SMILES string of the molecule is C=C(/C=C\C(=C)C(C)CCN(C)C(=O)OC(C)(C)C)NC(=O)Oc1ccccc1. The van der Waals surface area contributed by atoms with E-state index in [1.165, 1.54) is 0 Å². The number of allylic oxidation sites excluding steroid dienone is 3. The highest BCUT2D eigenvalue weighted by molar-refractivity contribution is 5.72. The molecule has 0 fully saturated rings. The number of carbonyl (C=O) groups is 2. The number of rotatable bonds is 8. The van der Waals surface area contributed by atoms with E-state index in [0.29, 0.717) is 18.0 Å². The smallest absolute Gasteiger partial charge is 0.417 e. The van der Waals surface area contributed by atoms with Gasteiger partial charge in [0.2, 0.25) is 0 Å². The first-order valence-corrected chi connectivity index (χ1v) is 9.51. The molecule has 1 N–H and O–H groups in total. The summed E-state index contributed by atoms with van der Waals surface area (Å²) in [5, 5.41) is 2.56. The number of amides is 2. The summed E-state index contributed by atoms with van der Waals surface area (Å²) in [6.45, 7) is 15.9. The Kier molecular flexibility index (Phi) is 9.19. The van der Waals surface area contributed by atoms with Crippen LogP contribution in [0.3, 0.4) is 0 Å². The molecule has 0 saturated heterocycles. The molecule has 0 aromatic heterocycles. The van der Waals surface area contributed by atoms with Crippen molar-refractivity contribution in [2.75, 3.05) is 13.6 Å². The fourth-order valence-electron chi connectivity index (χ4n) is 2.17. The molecule has 1 aromatic carbocycles. The molecule has 6 heteroatoms. The van der Waals surface area contributed by atoms with Crippen molar-refractivity contribution in [3.05, 3.63) is 66.9 Å². The second-order valence-electron chi connectivity index (χ2n) is 7.85. The zero-order chi connectivity index (χ0) is 22.0. The third-order valence-corrected chi connectivity index (χ3v) is 3.95. The summed E-state index contributed by atoms with van der Waals surface area (Å²) < 4.78 is 10.5. The van der Waals surface area contributed by atoms with E-state index in [1.807, 2.05) is 33.8 Å². The Morgan fingerprint density at radius 2 is 1.79 bits per heavy atom. The zero-order valence-electron chi connectivity index (χ0n) is 18.0. The molecule has 0 spiro atoms. The molecular formula is C23H32N2O4. The normalized spacial score (nSPS) is 12.2. The van der Waals surface area contributed by atoms with Crippen LogP contribution in [0.4, 0.5) is 9.59 Å². The van der Waals surface area contributed by atoms with Crippen LogP contribution in [0.5, 0.6) is 5.75 Å². The summed E-state index contributed by atoms with van der Waals surface area (Å²) in [5.74, 6) is 0.592. The number of hydrogen-bond donors (Lipinski definition) is 1. The van der Waals surface area contributed by atoms with Crippen LogP contribution in [0.2, 0.25) is 0 Å². The van der Waals surface area contributed by atoms with Gasteiger partial charge in [-0.25, -0.2) is 9.59 Å². The van der Waals surface area contributed by atoms with Crippen LogP contribution in [0.1, 0.15) is 34.1 Å². The number of nitrogens with zero attached hydrogens (tertiary/aromatic N) is 1. The summed E-state index contributed by atoms with van der Waals surface area (Å²) in [5.41, 5.74) is 0.741. The van der Waals surface area contributed by atoms with Crippen LogP contribution < -0.4 is 10.1 Å². The van der Waals surface area contributed by atoms with Crippen molar-refractivity contribution in [3.63, 3.8) is 0 Å². The molecule has 158 valence electrons. The van der Waals surface area contributed by atoms with E-state index in [0.717, 1.165) is 12.0 Å². The van der Waals surface area contributed by atoms with Gasteiger partial charge in [0.1, 0.15) is 11.4 Å². The van der Waals surface area contributed by atoms with Crippen LogP contribution in [-0.2, 0) is 4.74 Å². The highest BCUT2D eigenvalue weighted by Crippen LogP contribution is 2.16. The molecule has 2 amide bonds. The molecule has 0 heterocycles. The van der Waals surface area contributed by atoms with Gasteiger partial charge in [-0.3, -0.25) is 5.32 Å². The second kappa shape index (κ2) is 11.1. The molecule has 0 bridgehead atoms. The Labute approximate surface area is 173 Å². The Balaban J connectivity index is 2.41. The first kappa shape index (κ1) is 24.0. The van der Waals surface area contributed by atoms with Crippen molar-refractivity contribution in [3.8, 4) is 5.75 Å². The fraction of sp³-hybridized carbons (Fsp3) is 0.391. The number of benzene rings is 1. The van der Waals surface area contributed by atoms with Gasteiger partial charge < -0.3 is 14.4 Å². The Hall–Kier alpha value is -3.02. The molecule has 6 nitrogen and oxygen atoms in total. The van der Waals surface area contributed by atoms with E-state index in [9.17, 15) is 9.59 Å². The summed E-state index contributed by atoms with van der Waals surface area (Å²) >= 11 is 0. The fourth-order valence-corrected chi connectivity index (χ4v) is 2.17. The number of nitrogens with one attached hydrogen (secondary N) is 1. The molecule has 0 saturated carbocycles. The average molecular weight is 401 g/mol. The molecule has 1 rings (SSSR count). The van der Waals surface area contributed by atoms with Crippen LogP contribution in [-0.4, -0.2) is 36.3 Å². The number of hydrogen-bond acceptors (Lipinski definition) is 4. The lowest BCUT2D eigenvalue weighted by molar-refractivity contribution is 0.0293. The second-order valence-corrected chi connectivity index (χ2v) is 7.85. The summed E-state index contributed by atoms with van der Waals surface area (Å²) in [7, 11) is 1.71. The minimum absolute atomic E-state index is 0.139. The van der Waals surface area contributed by atoms with Crippen molar-refractivity contribution in [2.24, 2.45) is 5.92 Å². The van der Waals surface area contributed by atoms with Crippen LogP contribution in [0.15, 0.2) is 66.9 Å². The largest absolute Gasteiger partial charge is 0.444 e. The molecule has 29 heavy (non-hydrogen) atoms. The van der Waals surface area contributed by atoms with Crippen molar-refractivity contribution in [1.82, 2.24) is 10.2 Å². The van der Waals surface area contributed by atoms with Gasteiger partial charge >= 0.3 is 12.2 Å². The van der Waals surface area contributed by atoms with Gasteiger partial charge in [0.05, 0.1) is 0 Å². The van der Waals surface area contributed by atoms with E-state index in [-0.39, 0.29) is 12.0 Å². The number of ether oxygens (including phenoxy) is 2. The Morgan fingerprint density at radius 3 is 2.38 bits per heavy atom. The first-order valence-electron chi connectivity index (χ1n) is 9.51. The predicted molar refractivity (Wildman–Crippen MR) is 116 cm³/mol. The standard InChI is InChI=1S/C23H32N2O4/c1-17(18(2)15-16-25(7)22(27)29-23(4,5)6)13-14-19(3)24-21(26)28-20-11-9-8-10-12-20/h8-14,18H,1,3,15-16H2,2,4-7H3,(H,24,26)/b14-13-. The van der Waals surface area contributed by atoms with Crippen LogP contribution in [0, 0.1) is 5.92 Å². The minimum atomic E-state index is -0.608. The van der Waals surface area contributed by atoms with E-state index in [1.54, 1.807) is 48.4 Å². The first-order chi connectivity index (χ1) is 13.5. The van der Waals surface area contributed by atoms with Crippen molar-refractivity contribution in [2.45, 2.75) is 39.7 Å². The molecule has 0 aliphatic carbocycles. The average Bonchev–Trinajstić information content (AvgIpc) is 2.63. The summed E-state index contributed by atoms with van der Waals surface area (Å²) in [6, 6.07) is 8.78. The summed E-state index contributed by atoms with van der Waals surface area (Å²) in [6.07, 6.45) is 3.24. The predicted octanol–water partition coefficient (Wildman–Crippen LogP) is 5.29. The molecule has 1 unspecified atom stereocenters. The van der Waals surface area contributed by atoms with Gasteiger partial charge in [-0.15, -0.1) is 0 Å². The highest BCUT2D eigenvalue weighted by Gasteiger charge is 2.19. The van der Waals surface area contributed by atoms with Gasteiger partial charge in [0.25, 0.3) is 0 Å². The van der Waals surface area contributed by atoms with Crippen LogP contribution >= 0.6 is 0 Å². The molecule has 1 atom stereocenters. The number of carbonyl (C=O) groups excluding carboxylic acids is 2. The Morgan fingerprint density at radius 1 is 1.17 bits per heavy atom. The lowest BCUT2D eigenvalue weighted by Crippen LogP contribution is -2.35. The molecule has 0 aliphatic heterocycles. The lowest BCUT2D eigenvalue weighted by Gasteiger charge is -2.25. The lowest BCUT2D eigenvalue weighted by atomic mass is 9.98. The van der Waals surface area contributed by atoms with E-state index >= 15 is 0 Å². The third-order valence-electron chi connectivity index (χ3n) is 3.95. The van der Waals surface area contributed by atoms with Crippen LogP contribution in [0.25, 0.3) is 0 Å². The van der Waals surface area contributed by atoms with Gasteiger partial charge in [0, 0.05) is 19.3 Å². The van der Waals surface area contributed by atoms with E-state index in [4.69, 9.17) is 9.47 Å². The van der Waals surface area contributed by atoms with E-state index in [2.05, 4.69) is 18.5 Å². The summed E-state index contributed by atoms with van der Waals surface area (Å²) in [4.78, 5) is 25.4. The maximum absolute atomic E-state index is 12.0. The van der Waals surface area contributed by atoms with Crippen molar-refractivity contribution in [1.29, 1.82) is 0 Å². The highest BCUT2D eigenvalue weighted by atomic mass is 16.6. The Bertz CT molecular complexity index is 748. The van der Waals surface area contributed by atoms with Gasteiger partial charge in [-0.1, -0.05) is 49.9 Å². The zero-order valence-corrected chi connectivity index (χ0v) is 18.0. The van der Waals surface area contributed by atoms with Gasteiger partial charge in [-0.2, -0.15) is 0 Å². The molecule has 0 aliphatic rings. The number of para-hydroxylation sites is 1. The van der Waals surface area contributed by atoms with Gasteiger partial charge in [-0.05, 0) is 51.3 Å². The monoisotopic (exact) mass is 400 g/mol. The minimum Gasteiger partial charge on any atom is -0.444 e. The third kappa shape index (κ3) is 10.2. The topological polar surface area (TPSA) is 67.9 Å². The van der Waals surface area contributed by atoms with Gasteiger partial charge in [0.15, 0.2) is 0 Å². The van der Waals surface area contributed by atoms with Crippen molar-refractivity contribution >= 4 is 12.2 Å². The molecular weight excluding hydrogens is 368 g/mol. The quantitative estimate of drug-likeness (QED) is 0.602. The van der Waals surface area contributed by atoms with E-state index < -0.39 is 11.7 Å².